The van der Waals surface area contributed by atoms with Crippen LogP contribution in [0.25, 0.3) is 0 Å². The summed E-state index contributed by atoms with van der Waals surface area (Å²) in [6.45, 7) is 1.45. The fourth-order valence-corrected chi connectivity index (χ4v) is 3.98. The van der Waals surface area contributed by atoms with Crippen LogP contribution < -0.4 is 0 Å². The highest BCUT2D eigenvalue weighted by Gasteiger charge is 2.49. The molecule has 2 atom stereocenters. The highest BCUT2D eigenvalue weighted by Crippen LogP contribution is 2.35. The molecule has 0 aromatic heterocycles. The van der Waals surface area contributed by atoms with E-state index in [0.29, 0.717) is 10.6 Å². The standard InChI is InChI=1S/C14H17NO5S/c1-14(10-16)9-8-12(20-2)15(13(14)17)21(18,19)11-6-4-3-5-7-11/h3-7,10,12H,8-9H2,1-2H3/t12-,14+/m1/s1. The van der Waals surface area contributed by atoms with E-state index in [9.17, 15) is 18.0 Å². The fourth-order valence-electron chi connectivity index (χ4n) is 2.32. The SMILES string of the molecule is CO[C@@H]1CC[C@@](C)(C=O)C(=O)N1S(=O)(=O)c1ccccc1. The maximum absolute atomic E-state index is 12.7. The topological polar surface area (TPSA) is 80.8 Å². The minimum atomic E-state index is -4.05. The van der Waals surface area contributed by atoms with Gasteiger partial charge in [0.05, 0.1) is 4.90 Å². The molecular weight excluding hydrogens is 294 g/mol. The number of amides is 1. The molecule has 1 fully saturated rings. The molecule has 6 nitrogen and oxygen atoms in total. The summed E-state index contributed by atoms with van der Waals surface area (Å²) in [6, 6.07) is 7.63. The second-order valence-corrected chi connectivity index (χ2v) is 7.00. The average Bonchev–Trinajstić information content (AvgIpc) is 2.50. The van der Waals surface area contributed by atoms with Crippen LogP contribution in [0, 0.1) is 5.41 Å². The number of nitrogens with zero attached hydrogens (tertiary/aromatic N) is 1. The van der Waals surface area contributed by atoms with Crippen molar-refractivity contribution in [3.8, 4) is 0 Å². The Morgan fingerprint density at radius 2 is 1.95 bits per heavy atom. The Balaban J connectivity index is 2.52. The van der Waals surface area contributed by atoms with Crippen molar-refractivity contribution in [1.29, 1.82) is 0 Å². The third kappa shape index (κ3) is 2.58. The van der Waals surface area contributed by atoms with Gasteiger partial charge in [-0.3, -0.25) is 4.79 Å². The molecule has 2 rings (SSSR count). The number of hydrogen-bond donors (Lipinski definition) is 0. The lowest BCUT2D eigenvalue weighted by Crippen LogP contribution is -2.56. The number of methoxy groups -OCH3 is 1. The smallest absolute Gasteiger partial charge is 0.268 e. The van der Waals surface area contributed by atoms with Gasteiger partial charge in [-0.25, -0.2) is 12.7 Å². The van der Waals surface area contributed by atoms with Gasteiger partial charge in [-0.15, -0.1) is 0 Å². The van der Waals surface area contributed by atoms with Gasteiger partial charge in [0.1, 0.15) is 17.9 Å². The van der Waals surface area contributed by atoms with Crippen molar-refractivity contribution >= 4 is 22.2 Å². The molecular formula is C14H17NO5S. The van der Waals surface area contributed by atoms with E-state index in [0.717, 1.165) is 0 Å². The second-order valence-electron chi connectivity index (χ2n) is 5.18. The molecule has 0 bridgehead atoms. The van der Waals surface area contributed by atoms with Crippen LogP contribution in [0.15, 0.2) is 35.2 Å². The van der Waals surface area contributed by atoms with Gasteiger partial charge in [0, 0.05) is 7.11 Å². The lowest BCUT2D eigenvalue weighted by Gasteiger charge is -2.40. The van der Waals surface area contributed by atoms with Crippen molar-refractivity contribution in [3.63, 3.8) is 0 Å². The van der Waals surface area contributed by atoms with Gasteiger partial charge in [0.2, 0.25) is 0 Å². The molecule has 114 valence electrons. The molecule has 0 saturated carbocycles. The Morgan fingerprint density at radius 1 is 1.33 bits per heavy atom. The molecule has 0 N–H and O–H groups in total. The first-order valence-electron chi connectivity index (χ1n) is 6.50. The summed E-state index contributed by atoms with van der Waals surface area (Å²) in [7, 11) is -2.71. The number of carbonyl (C=O) groups excluding carboxylic acids is 2. The summed E-state index contributed by atoms with van der Waals surface area (Å²) < 4.78 is 31.2. The van der Waals surface area contributed by atoms with E-state index in [1.54, 1.807) is 18.2 Å². The van der Waals surface area contributed by atoms with Gasteiger partial charge in [-0.2, -0.15) is 0 Å². The number of carbonyl (C=O) groups is 2. The fraction of sp³-hybridized carbons (Fsp3) is 0.429. The molecule has 1 aromatic rings. The zero-order valence-corrected chi connectivity index (χ0v) is 12.7. The normalized spacial score (nSPS) is 26.7. The van der Waals surface area contributed by atoms with E-state index in [1.807, 2.05) is 0 Å². The second kappa shape index (κ2) is 5.57. The van der Waals surface area contributed by atoms with Crippen LogP contribution in [0.1, 0.15) is 19.8 Å². The summed E-state index contributed by atoms with van der Waals surface area (Å²) in [6.07, 6.45) is 0.156. The monoisotopic (exact) mass is 311 g/mol. The van der Waals surface area contributed by atoms with E-state index in [1.165, 1.54) is 26.2 Å². The van der Waals surface area contributed by atoms with Crippen molar-refractivity contribution in [2.75, 3.05) is 7.11 Å². The Labute approximate surface area is 123 Å². The molecule has 1 aliphatic heterocycles. The number of benzene rings is 1. The molecule has 1 saturated heterocycles. The van der Waals surface area contributed by atoms with E-state index in [4.69, 9.17) is 4.74 Å². The maximum Gasteiger partial charge on any atom is 0.268 e. The quantitative estimate of drug-likeness (QED) is 0.616. The Hall–Kier alpha value is -1.73. The van der Waals surface area contributed by atoms with Crippen LogP contribution in [-0.2, 0) is 24.3 Å². The maximum atomic E-state index is 12.7. The highest BCUT2D eigenvalue weighted by atomic mass is 32.2. The molecule has 0 radical (unpaired) electrons. The predicted octanol–water partition coefficient (Wildman–Crippen LogP) is 1.18. The molecule has 7 heteroatoms. The van der Waals surface area contributed by atoms with Crippen molar-refractivity contribution in [2.24, 2.45) is 5.41 Å². The van der Waals surface area contributed by atoms with Gasteiger partial charge in [-0.05, 0) is 31.9 Å². The third-order valence-electron chi connectivity index (χ3n) is 3.69. The number of rotatable bonds is 4. The van der Waals surface area contributed by atoms with Crippen molar-refractivity contribution in [1.82, 2.24) is 4.31 Å². The first-order chi connectivity index (χ1) is 9.86. The summed E-state index contributed by atoms with van der Waals surface area (Å²) in [5.74, 6) is -0.751. The van der Waals surface area contributed by atoms with Crippen LogP contribution in [0.4, 0.5) is 0 Å². The van der Waals surface area contributed by atoms with E-state index in [-0.39, 0.29) is 17.7 Å². The number of piperidine rings is 1. The summed E-state index contributed by atoms with van der Waals surface area (Å²) in [4.78, 5) is 23.7. The van der Waals surface area contributed by atoms with Crippen LogP contribution in [0.5, 0.6) is 0 Å². The minimum Gasteiger partial charge on any atom is -0.360 e. The Morgan fingerprint density at radius 3 is 2.48 bits per heavy atom. The first-order valence-corrected chi connectivity index (χ1v) is 7.94. The Kier molecular flexibility index (Phi) is 4.15. The van der Waals surface area contributed by atoms with Gasteiger partial charge in [0.15, 0.2) is 0 Å². The molecule has 0 spiro atoms. The highest BCUT2D eigenvalue weighted by molar-refractivity contribution is 7.89. The van der Waals surface area contributed by atoms with Gasteiger partial charge in [-0.1, -0.05) is 18.2 Å². The molecule has 1 heterocycles. The first kappa shape index (κ1) is 15.7. The number of aldehydes is 1. The van der Waals surface area contributed by atoms with Crippen molar-refractivity contribution < 1.29 is 22.7 Å². The molecule has 0 aliphatic carbocycles. The van der Waals surface area contributed by atoms with Crippen LogP contribution in [0.3, 0.4) is 0 Å². The van der Waals surface area contributed by atoms with E-state index >= 15 is 0 Å². The zero-order chi connectivity index (χ0) is 15.7. The molecule has 0 unspecified atom stereocenters. The molecule has 21 heavy (non-hydrogen) atoms. The van der Waals surface area contributed by atoms with Crippen LogP contribution in [-0.4, -0.2) is 38.3 Å². The summed E-state index contributed by atoms with van der Waals surface area (Å²) in [5, 5.41) is 0. The minimum absolute atomic E-state index is 0.00412. The lowest BCUT2D eigenvalue weighted by molar-refractivity contribution is -0.154. The summed E-state index contributed by atoms with van der Waals surface area (Å²) in [5.41, 5.74) is -1.34. The number of ether oxygens (including phenoxy) is 1. The van der Waals surface area contributed by atoms with Gasteiger partial charge < -0.3 is 9.53 Å². The number of sulfonamides is 1. The van der Waals surface area contributed by atoms with Crippen molar-refractivity contribution in [2.45, 2.75) is 30.9 Å². The van der Waals surface area contributed by atoms with Crippen LogP contribution >= 0.6 is 0 Å². The average molecular weight is 311 g/mol. The number of hydrogen-bond acceptors (Lipinski definition) is 5. The van der Waals surface area contributed by atoms with Gasteiger partial charge in [0.25, 0.3) is 15.9 Å². The molecule has 1 aliphatic rings. The molecule has 1 aromatic carbocycles. The van der Waals surface area contributed by atoms with Crippen molar-refractivity contribution in [3.05, 3.63) is 30.3 Å². The van der Waals surface area contributed by atoms with Crippen LogP contribution in [0.2, 0.25) is 0 Å². The van der Waals surface area contributed by atoms with E-state index < -0.39 is 27.6 Å². The zero-order valence-electron chi connectivity index (χ0n) is 11.9. The lowest BCUT2D eigenvalue weighted by atomic mass is 9.83. The van der Waals surface area contributed by atoms with Gasteiger partial charge >= 0.3 is 0 Å². The molecule has 1 amide bonds. The predicted molar refractivity (Wildman–Crippen MR) is 74.7 cm³/mol. The Bertz CT molecular complexity index is 643. The summed E-state index contributed by atoms with van der Waals surface area (Å²) >= 11 is 0. The third-order valence-corrected chi connectivity index (χ3v) is 5.48. The largest absolute Gasteiger partial charge is 0.360 e. The van der Waals surface area contributed by atoms with E-state index in [2.05, 4.69) is 0 Å².